The summed E-state index contributed by atoms with van der Waals surface area (Å²) >= 11 is 0.635. The summed E-state index contributed by atoms with van der Waals surface area (Å²) in [7, 11) is 0. The number of halogens is 3. The summed E-state index contributed by atoms with van der Waals surface area (Å²) in [4.78, 5) is 37.7. The highest BCUT2D eigenvalue weighted by Gasteiger charge is 2.36. The quantitative estimate of drug-likeness (QED) is 0.688. The molecule has 1 aliphatic heterocycles. The molecule has 0 radical (unpaired) electrons. The number of nitrogens with zero attached hydrogens (tertiary/aromatic N) is 1. The minimum Gasteiger partial charge on any atom is -0.325 e. The number of imide groups is 1. The molecule has 2 aromatic carbocycles. The number of hydrogen-bond donors (Lipinski definition) is 1. The maximum Gasteiger partial charge on any atom is 0.416 e. The third-order valence-corrected chi connectivity index (χ3v) is 5.41. The van der Waals surface area contributed by atoms with Crippen molar-refractivity contribution in [1.29, 1.82) is 0 Å². The summed E-state index contributed by atoms with van der Waals surface area (Å²) < 4.78 is 37.9. The number of hydrogen-bond acceptors (Lipinski definition) is 4. The molecular formula is C21H17F3N2O3S. The molecule has 0 spiro atoms. The Kier molecular flexibility index (Phi) is 6.02. The van der Waals surface area contributed by atoms with Crippen molar-refractivity contribution >= 4 is 40.6 Å². The van der Waals surface area contributed by atoms with Crippen molar-refractivity contribution in [3.63, 3.8) is 0 Å². The Bertz CT molecular complexity index is 1050. The van der Waals surface area contributed by atoms with Crippen LogP contribution in [-0.2, 0) is 15.8 Å². The lowest BCUT2D eigenvalue weighted by atomic mass is 10.1. The summed E-state index contributed by atoms with van der Waals surface area (Å²) in [5, 5.41) is 2.03. The van der Waals surface area contributed by atoms with Gasteiger partial charge in [-0.25, -0.2) is 0 Å². The molecule has 1 saturated heterocycles. The molecule has 3 amide bonds. The van der Waals surface area contributed by atoms with Gasteiger partial charge < -0.3 is 5.32 Å². The lowest BCUT2D eigenvalue weighted by Crippen LogP contribution is -2.36. The second kappa shape index (κ2) is 8.35. The molecule has 0 unspecified atom stereocenters. The van der Waals surface area contributed by atoms with E-state index in [1.165, 1.54) is 18.2 Å². The van der Waals surface area contributed by atoms with Gasteiger partial charge in [0.15, 0.2) is 0 Å². The van der Waals surface area contributed by atoms with Crippen LogP contribution in [0.1, 0.15) is 22.3 Å². The van der Waals surface area contributed by atoms with E-state index in [0.717, 1.165) is 28.2 Å². The van der Waals surface area contributed by atoms with Crippen LogP contribution in [0.15, 0.2) is 47.4 Å². The van der Waals surface area contributed by atoms with Gasteiger partial charge in [-0.2, -0.15) is 13.2 Å². The minimum absolute atomic E-state index is 0.0405. The van der Waals surface area contributed by atoms with Crippen molar-refractivity contribution in [2.75, 3.05) is 11.9 Å². The zero-order valence-corrected chi connectivity index (χ0v) is 16.9. The van der Waals surface area contributed by atoms with Gasteiger partial charge >= 0.3 is 6.18 Å². The molecule has 30 heavy (non-hydrogen) atoms. The van der Waals surface area contributed by atoms with Gasteiger partial charge in [0.05, 0.1) is 10.5 Å². The lowest BCUT2D eigenvalue weighted by Gasteiger charge is -2.13. The highest BCUT2D eigenvalue weighted by molar-refractivity contribution is 8.18. The van der Waals surface area contributed by atoms with E-state index < -0.39 is 35.3 Å². The summed E-state index contributed by atoms with van der Waals surface area (Å²) in [6.07, 6.45) is -3.13. The smallest absolute Gasteiger partial charge is 0.325 e. The highest BCUT2D eigenvalue weighted by atomic mass is 32.2. The van der Waals surface area contributed by atoms with E-state index in [4.69, 9.17) is 0 Å². The van der Waals surface area contributed by atoms with E-state index in [0.29, 0.717) is 23.0 Å². The fourth-order valence-electron chi connectivity index (χ4n) is 2.72. The van der Waals surface area contributed by atoms with Crippen LogP contribution in [0.5, 0.6) is 0 Å². The van der Waals surface area contributed by atoms with Gasteiger partial charge in [-0.3, -0.25) is 19.3 Å². The molecule has 5 nitrogen and oxygen atoms in total. The number of thioether (sulfide) groups is 1. The molecule has 1 aliphatic rings. The van der Waals surface area contributed by atoms with Crippen LogP contribution in [0.4, 0.5) is 23.7 Å². The Morgan fingerprint density at radius 2 is 1.73 bits per heavy atom. The highest BCUT2D eigenvalue weighted by Crippen LogP contribution is 2.33. The van der Waals surface area contributed by atoms with Crippen molar-refractivity contribution in [2.24, 2.45) is 0 Å². The van der Waals surface area contributed by atoms with E-state index in [1.807, 2.05) is 19.9 Å². The molecule has 156 valence electrons. The number of carbonyl (C=O) groups is 3. The van der Waals surface area contributed by atoms with Gasteiger partial charge in [0.2, 0.25) is 5.91 Å². The van der Waals surface area contributed by atoms with Crippen molar-refractivity contribution in [3.05, 3.63) is 69.6 Å². The second-order valence-electron chi connectivity index (χ2n) is 6.73. The van der Waals surface area contributed by atoms with Crippen molar-refractivity contribution in [1.82, 2.24) is 4.90 Å². The molecule has 1 fully saturated rings. The van der Waals surface area contributed by atoms with E-state index in [9.17, 15) is 27.6 Å². The largest absolute Gasteiger partial charge is 0.416 e. The molecule has 0 saturated carbocycles. The lowest BCUT2D eigenvalue weighted by molar-refractivity contribution is -0.137. The molecular weight excluding hydrogens is 417 g/mol. The zero-order chi connectivity index (χ0) is 22.1. The first-order valence-electron chi connectivity index (χ1n) is 8.84. The number of benzene rings is 2. The molecule has 1 heterocycles. The number of carbonyl (C=O) groups excluding carboxylic acids is 3. The van der Waals surface area contributed by atoms with E-state index in [2.05, 4.69) is 5.32 Å². The topological polar surface area (TPSA) is 66.5 Å². The maximum absolute atomic E-state index is 12.6. The molecule has 0 aromatic heterocycles. The first kappa shape index (κ1) is 21.6. The first-order valence-corrected chi connectivity index (χ1v) is 9.66. The van der Waals surface area contributed by atoms with E-state index in [-0.39, 0.29) is 4.91 Å². The fourth-order valence-corrected chi connectivity index (χ4v) is 3.56. The Labute approximate surface area is 174 Å². The van der Waals surface area contributed by atoms with Crippen LogP contribution in [0, 0.1) is 13.8 Å². The Morgan fingerprint density at radius 1 is 1.07 bits per heavy atom. The molecule has 9 heteroatoms. The second-order valence-corrected chi connectivity index (χ2v) is 7.73. The normalized spacial score (nSPS) is 15.8. The monoisotopic (exact) mass is 434 g/mol. The van der Waals surface area contributed by atoms with Crippen LogP contribution in [0.2, 0.25) is 0 Å². The maximum atomic E-state index is 12.6. The summed E-state index contributed by atoms with van der Waals surface area (Å²) in [6.45, 7) is 3.37. The van der Waals surface area contributed by atoms with Crippen molar-refractivity contribution in [2.45, 2.75) is 20.0 Å². The standard InChI is InChI=1S/C21H17F3N2O3S/c1-12-3-8-16(9-13(12)2)25-18(27)11-26-19(28)17(30-20(26)29)10-14-4-6-15(7-5-14)21(22,23)24/h3-10H,11H2,1-2H3,(H,25,27)/b17-10-. The molecule has 2 aromatic rings. The third kappa shape index (κ3) is 4.91. The molecule has 0 atom stereocenters. The van der Waals surface area contributed by atoms with Gasteiger partial charge in [0, 0.05) is 5.69 Å². The van der Waals surface area contributed by atoms with Crippen molar-refractivity contribution in [3.8, 4) is 0 Å². The predicted molar refractivity (Wildman–Crippen MR) is 109 cm³/mol. The van der Waals surface area contributed by atoms with Gasteiger partial charge in [-0.1, -0.05) is 18.2 Å². The number of amides is 3. The van der Waals surface area contributed by atoms with Crippen LogP contribution >= 0.6 is 11.8 Å². The van der Waals surface area contributed by atoms with Crippen LogP contribution < -0.4 is 5.32 Å². The van der Waals surface area contributed by atoms with Gasteiger partial charge in [-0.15, -0.1) is 0 Å². The minimum atomic E-state index is -4.46. The number of alkyl halides is 3. The Hall–Kier alpha value is -3.07. The molecule has 3 rings (SSSR count). The molecule has 1 N–H and O–H groups in total. The fraction of sp³-hybridized carbons (Fsp3) is 0.190. The predicted octanol–water partition coefficient (Wildman–Crippen LogP) is 5.00. The van der Waals surface area contributed by atoms with Gasteiger partial charge in [0.25, 0.3) is 11.1 Å². The molecule has 0 bridgehead atoms. The first-order chi connectivity index (χ1) is 14.0. The Balaban J connectivity index is 1.68. The van der Waals surface area contributed by atoms with Crippen LogP contribution in [0.25, 0.3) is 6.08 Å². The van der Waals surface area contributed by atoms with Crippen molar-refractivity contribution < 1.29 is 27.6 Å². The van der Waals surface area contributed by atoms with E-state index in [1.54, 1.807) is 12.1 Å². The van der Waals surface area contributed by atoms with Crippen LogP contribution in [0.3, 0.4) is 0 Å². The summed E-state index contributed by atoms with van der Waals surface area (Å²) in [5.41, 5.74) is 2.13. The number of rotatable bonds is 4. The van der Waals surface area contributed by atoms with Crippen LogP contribution in [-0.4, -0.2) is 28.5 Å². The average molecular weight is 434 g/mol. The number of aryl methyl sites for hydroxylation is 2. The third-order valence-electron chi connectivity index (χ3n) is 4.50. The Morgan fingerprint density at radius 3 is 2.33 bits per heavy atom. The molecule has 0 aliphatic carbocycles. The SMILES string of the molecule is Cc1ccc(NC(=O)CN2C(=O)S/C(=C\c3ccc(C(F)(F)F)cc3)C2=O)cc1C. The summed E-state index contributed by atoms with van der Waals surface area (Å²) in [5.74, 6) is -1.20. The average Bonchev–Trinajstić information content (AvgIpc) is 2.92. The van der Waals surface area contributed by atoms with Gasteiger partial charge in [0.1, 0.15) is 6.54 Å². The van der Waals surface area contributed by atoms with Gasteiger partial charge in [-0.05, 0) is 72.6 Å². The number of anilines is 1. The van der Waals surface area contributed by atoms with E-state index >= 15 is 0 Å². The zero-order valence-electron chi connectivity index (χ0n) is 16.0. The summed E-state index contributed by atoms with van der Waals surface area (Å²) in [6, 6.07) is 9.56. The number of nitrogens with one attached hydrogen (secondary N) is 1.